The van der Waals surface area contributed by atoms with Gasteiger partial charge in [0.15, 0.2) is 0 Å². The van der Waals surface area contributed by atoms with Crippen LogP contribution in [0.2, 0.25) is 0 Å². The largest absolute Gasteiger partial charge is 0.393 e. The molecule has 24 heavy (non-hydrogen) atoms. The molecule has 0 heterocycles. The van der Waals surface area contributed by atoms with E-state index < -0.39 is 0 Å². The Kier molecular flexibility index (Phi) is 3.53. The number of aliphatic hydroxyl groups is 2. The van der Waals surface area contributed by atoms with Gasteiger partial charge in [0.1, 0.15) is 0 Å². The van der Waals surface area contributed by atoms with Gasteiger partial charge in [0, 0.05) is 0 Å². The molecule has 0 aromatic rings. The third-order valence-corrected chi connectivity index (χ3v) is 9.56. The summed E-state index contributed by atoms with van der Waals surface area (Å²) in [5.41, 5.74) is 0.801. The highest BCUT2D eigenvalue weighted by Crippen LogP contribution is 2.69. The Hall–Kier alpha value is -0.340. The van der Waals surface area contributed by atoms with E-state index in [0.717, 1.165) is 42.9 Å². The van der Waals surface area contributed by atoms with E-state index in [2.05, 4.69) is 19.1 Å². The monoisotopic (exact) mass is 330 g/mol. The molecule has 9 atom stereocenters. The molecule has 5 rings (SSSR count). The molecule has 0 aliphatic heterocycles. The van der Waals surface area contributed by atoms with Crippen molar-refractivity contribution in [3.05, 3.63) is 12.2 Å². The summed E-state index contributed by atoms with van der Waals surface area (Å²) in [6.07, 6.45) is 16.9. The molecule has 2 heteroatoms. The fourth-order valence-electron chi connectivity index (χ4n) is 8.47. The van der Waals surface area contributed by atoms with Crippen LogP contribution in [0.5, 0.6) is 0 Å². The predicted molar refractivity (Wildman–Crippen MR) is 95.3 cm³/mol. The Morgan fingerprint density at radius 2 is 1.71 bits per heavy atom. The zero-order chi connectivity index (χ0) is 16.5. The van der Waals surface area contributed by atoms with Crippen molar-refractivity contribution in [1.82, 2.24) is 0 Å². The highest BCUT2D eigenvalue weighted by Gasteiger charge is 2.62. The molecular weight excluding hydrogens is 296 g/mol. The van der Waals surface area contributed by atoms with Gasteiger partial charge in [0.2, 0.25) is 0 Å². The molecule has 4 saturated carbocycles. The van der Waals surface area contributed by atoms with Gasteiger partial charge in [-0.25, -0.2) is 0 Å². The maximum Gasteiger partial charge on any atom is 0.0611 e. The van der Waals surface area contributed by atoms with Crippen molar-refractivity contribution >= 4 is 0 Å². The third kappa shape index (κ3) is 1.96. The lowest BCUT2D eigenvalue weighted by molar-refractivity contribution is -0.127. The number of fused-ring (bicyclic) bond motifs is 4. The minimum Gasteiger partial charge on any atom is -0.393 e. The predicted octanol–water partition coefficient (Wildman–Crippen LogP) is 4.31. The first kappa shape index (κ1) is 15.9. The molecule has 2 nitrogen and oxygen atoms in total. The quantitative estimate of drug-likeness (QED) is 0.650. The standard InChI is InChI=1S/C22H34O2/c1-21-11-8-15(23)13-14(21)4-5-16-17(21)9-12-22-10-2-3-20(24)19(22)7-6-18(16)22/h2,10,14-20,23-24H,3-9,11-13H2,1H3/t14-,15+,16+,17-,18-,19+,20-,21-,22?/m0/s1. The van der Waals surface area contributed by atoms with Crippen LogP contribution in [-0.2, 0) is 0 Å². The molecule has 2 N–H and O–H groups in total. The van der Waals surface area contributed by atoms with Gasteiger partial charge in [0.05, 0.1) is 12.2 Å². The van der Waals surface area contributed by atoms with E-state index >= 15 is 0 Å². The lowest BCUT2D eigenvalue weighted by Crippen LogP contribution is -2.55. The average Bonchev–Trinajstić information content (AvgIpc) is 2.96. The van der Waals surface area contributed by atoms with Crippen molar-refractivity contribution in [2.75, 3.05) is 0 Å². The van der Waals surface area contributed by atoms with Crippen molar-refractivity contribution < 1.29 is 10.2 Å². The summed E-state index contributed by atoms with van der Waals surface area (Å²) < 4.78 is 0. The smallest absolute Gasteiger partial charge is 0.0611 e. The van der Waals surface area contributed by atoms with Crippen LogP contribution in [0, 0.1) is 40.4 Å². The molecule has 5 aliphatic carbocycles. The van der Waals surface area contributed by atoms with Crippen LogP contribution in [0.15, 0.2) is 12.2 Å². The molecule has 134 valence electrons. The average molecular weight is 331 g/mol. The van der Waals surface area contributed by atoms with Gasteiger partial charge >= 0.3 is 0 Å². The summed E-state index contributed by atoms with van der Waals surface area (Å²) in [6.45, 7) is 2.57. The van der Waals surface area contributed by atoms with Crippen LogP contribution < -0.4 is 0 Å². The lowest BCUT2D eigenvalue weighted by atomic mass is 9.44. The summed E-state index contributed by atoms with van der Waals surface area (Å²) in [7, 11) is 0. The first-order valence-electron chi connectivity index (χ1n) is 10.6. The van der Waals surface area contributed by atoms with Crippen LogP contribution in [0.4, 0.5) is 0 Å². The Balaban J connectivity index is 1.47. The van der Waals surface area contributed by atoms with E-state index in [1.165, 1.54) is 44.9 Å². The van der Waals surface area contributed by atoms with E-state index in [1.807, 2.05) is 0 Å². The first-order valence-corrected chi connectivity index (χ1v) is 10.6. The van der Waals surface area contributed by atoms with Crippen molar-refractivity contribution in [2.24, 2.45) is 40.4 Å². The number of allylic oxidation sites excluding steroid dienone is 1. The first-order chi connectivity index (χ1) is 11.5. The molecule has 1 spiro atoms. The molecule has 0 aromatic carbocycles. The zero-order valence-electron chi connectivity index (χ0n) is 15.2. The van der Waals surface area contributed by atoms with Gasteiger partial charge in [-0.15, -0.1) is 0 Å². The fraction of sp³-hybridized carbons (Fsp3) is 0.909. The second kappa shape index (κ2) is 5.33. The topological polar surface area (TPSA) is 40.5 Å². The van der Waals surface area contributed by atoms with Crippen LogP contribution in [0.1, 0.15) is 71.1 Å². The van der Waals surface area contributed by atoms with Crippen LogP contribution in [0.3, 0.4) is 0 Å². The minimum absolute atomic E-state index is 0.0400. The molecule has 0 aromatic heterocycles. The Morgan fingerprint density at radius 1 is 0.875 bits per heavy atom. The summed E-state index contributed by atoms with van der Waals surface area (Å²) in [5.74, 6) is 3.84. The van der Waals surface area contributed by atoms with Gasteiger partial charge in [-0.05, 0) is 105 Å². The van der Waals surface area contributed by atoms with Crippen LogP contribution in [-0.4, -0.2) is 22.4 Å². The van der Waals surface area contributed by atoms with Gasteiger partial charge in [0.25, 0.3) is 0 Å². The maximum atomic E-state index is 10.6. The number of aliphatic hydroxyl groups excluding tert-OH is 2. The van der Waals surface area contributed by atoms with Gasteiger partial charge in [-0.2, -0.15) is 0 Å². The lowest BCUT2D eigenvalue weighted by Gasteiger charge is -2.61. The zero-order valence-corrected chi connectivity index (χ0v) is 15.2. The minimum atomic E-state index is -0.0895. The second-order valence-electron chi connectivity index (χ2n) is 10.1. The Labute approximate surface area is 146 Å². The molecule has 0 saturated heterocycles. The van der Waals surface area contributed by atoms with Gasteiger partial charge in [-0.3, -0.25) is 0 Å². The van der Waals surface area contributed by atoms with E-state index in [9.17, 15) is 10.2 Å². The Morgan fingerprint density at radius 3 is 2.58 bits per heavy atom. The second-order valence-corrected chi connectivity index (χ2v) is 10.1. The van der Waals surface area contributed by atoms with Crippen LogP contribution >= 0.6 is 0 Å². The van der Waals surface area contributed by atoms with Gasteiger partial charge in [-0.1, -0.05) is 19.1 Å². The van der Waals surface area contributed by atoms with E-state index in [4.69, 9.17) is 0 Å². The van der Waals surface area contributed by atoms with Crippen molar-refractivity contribution in [3.63, 3.8) is 0 Å². The highest BCUT2D eigenvalue weighted by molar-refractivity contribution is 5.20. The summed E-state index contributed by atoms with van der Waals surface area (Å²) in [4.78, 5) is 0. The number of hydrogen-bond acceptors (Lipinski definition) is 2. The van der Waals surface area contributed by atoms with E-state index in [1.54, 1.807) is 0 Å². The van der Waals surface area contributed by atoms with Crippen molar-refractivity contribution in [3.8, 4) is 0 Å². The summed E-state index contributed by atoms with van der Waals surface area (Å²) >= 11 is 0. The molecule has 0 radical (unpaired) electrons. The Bertz CT molecular complexity index is 542. The molecule has 1 unspecified atom stereocenters. The summed E-state index contributed by atoms with van der Waals surface area (Å²) in [5, 5.41) is 20.8. The SMILES string of the molecule is C[C@]12CC[C@@H](O)C[C@@H]1CC[C@H]1[C@@H]3CC[C@@H]4[C@@H](O)CC=CC43CC[C@@H]12. The number of rotatable bonds is 0. The normalized spacial score (nSPS) is 59.2. The molecular formula is C22H34O2. The molecule has 4 fully saturated rings. The summed E-state index contributed by atoms with van der Waals surface area (Å²) in [6, 6.07) is 0. The molecule has 5 aliphatic rings. The third-order valence-electron chi connectivity index (χ3n) is 9.56. The molecule has 0 amide bonds. The van der Waals surface area contributed by atoms with E-state index in [0.29, 0.717) is 16.7 Å². The number of hydrogen-bond donors (Lipinski definition) is 2. The van der Waals surface area contributed by atoms with Crippen molar-refractivity contribution in [1.29, 1.82) is 0 Å². The van der Waals surface area contributed by atoms with Crippen LogP contribution in [0.25, 0.3) is 0 Å². The fourth-order valence-corrected chi connectivity index (χ4v) is 8.47. The highest BCUT2D eigenvalue weighted by atomic mass is 16.3. The van der Waals surface area contributed by atoms with Crippen molar-refractivity contribution in [2.45, 2.75) is 83.3 Å². The van der Waals surface area contributed by atoms with E-state index in [-0.39, 0.29) is 12.2 Å². The molecule has 0 bridgehead atoms. The maximum absolute atomic E-state index is 10.6. The van der Waals surface area contributed by atoms with Gasteiger partial charge < -0.3 is 10.2 Å².